The second-order valence-corrected chi connectivity index (χ2v) is 8.10. The van der Waals surface area contributed by atoms with E-state index in [9.17, 15) is 4.39 Å². The molecule has 0 bridgehead atoms. The normalized spacial score (nSPS) is 17.0. The van der Waals surface area contributed by atoms with Crippen LogP contribution in [0.5, 0.6) is 0 Å². The van der Waals surface area contributed by atoms with Crippen LogP contribution in [0.25, 0.3) is 0 Å². The zero-order valence-corrected chi connectivity index (χ0v) is 20.1. The lowest BCUT2D eigenvalue weighted by molar-refractivity contribution is 0.274. The van der Waals surface area contributed by atoms with Gasteiger partial charge in [-0.2, -0.15) is 0 Å². The van der Waals surface area contributed by atoms with Gasteiger partial charge in [0.25, 0.3) is 0 Å². The van der Waals surface area contributed by atoms with E-state index in [0.29, 0.717) is 6.54 Å². The van der Waals surface area contributed by atoms with Crippen LogP contribution in [0.3, 0.4) is 0 Å². The van der Waals surface area contributed by atoms with Gasteiger partial charge in [0.15, 0.2) is 5.96 Å². The average Bonchev–Trinajstić information content (AvgIpc) is 2.85. The Morgan fingerprint density at radius 3 is 2.68 bits per heavy atom. The first-order valence-electron chi connectivity index (χ1n) is 10.0. The molecule has 0 unspecified atom stereocenters. The number of rotatable bonds is 7. The van der Waals surface area contributed by atoms with E-state index in [4.69, 9.17) is 0 Å². The summed E-state index contributed by atoms with van der Waals surface area (Å²) in [5.41, 5.74) is 0.800. The molecule has 0 amide bonds. The molecule has 160 valence electrons. The lowest BCUT2D eigenvalue weighted by Gasteiger charge is -2.27. The van der Waals surface area contributed by atoms with Gasteiger partial charge in [-0.1, -0.05) is 26.0 Å². The molecule has 28 heavy (non-hydrogen) atoms. The topological polar surface area (TPSA) is 42.9 Å². The molecule has 1 saturated heterocycles. The first-order valence-corrected chi connectivity index (χ1v) is 10.0. The van der Waals surface area contributed by atoms with E-state index < -0.39 is 0 Å². The van der Waals surface area contributed by atoms with Crippen LogP contribution in [0.4, 0.5) is 4.39 Å². The maximum Gasteiger partial charge on any atom is 0.191 e. The van der Waals surface area contributed by atoms with Crippen molar-refractivity contribution in [2.24, 2.45) is 4.99 Å². The van der Waals surface area contributed by atoms with Crippen LogP contribution in [0, 0.1) is 5.82 Å². The van der Waals surface area contributed by atoms with Crippen LogP contribution >= 0.6 is 24.0 Å². The maximum atomic E-state index is 13.5. The number of likely N-dealkylation sites (N-methyl/N-ethyl adjacent to an activating group) is 1. The SMILES string of the molecule is CN=C(NCCCN1CCCN(C)CC1)NCC(C)(C)c1cccc(F)c1.I. The molecule has 1 aliphatic rings. The Hall–Kier alpha value is -0.930. The van der Waals surface area contributed by atoms with E-state index in [1.54, 1.807) is 19.2 Å². The molecule has 1 aliphatic heterocycles. The minimum absolute atomic E-state index is 0. The van der Waals surface area contributed by atoms with Gasteiger partial charge in [-0.25, -0.2) is 4.39 Å². The van der Waals surface area contributed by atoms with Gasteiger partial charge in [-0.15, -0.1) is 24.0 Å². The molecule has 7 heteroatoms. The minimum atomic E-state index is -0.192. The summed E-state index contributed by atoms with van der Waals surface area (Å²) in [5, 5.41) is 6.77. The monoisotopic (exact) mass is 505 g/mol. The molecule has 1 heterocycles. The highest BCUT2D eigenvalue weighted by Crippen LogP contribution is 2.22. The quantitative estimate of drug-likeness (QED) is 0.259. The molecule has 2 rings (SSSR count). The summed E-state index contributed by atoms with van der Waals surface area (Å²) in [6.45, 7) is 11.6. The summed E-state index contributed by atoms with van der Waals surface area (Å²) in [4.78, 5) is 9.27. The fourth-order valence-corrected chi connectivity index (χ4v) is 3.37. The first-order chi connectivity index (χ1) is 12.9. The van der Waals surface area contributed by atoms with E-state index >= 15 is 0 Å². The van der Waals surface area contributed by atoms with Gasteiger partial charge in [0, 0.05) is 38.6 Å². The molecule has 5 nitrogen and oxygen atoms in total. The molecule has 2 N–H and O–H groups in total. The highest BCUT2D eigenvalue weighted by molar-refractivity contribution is 14.0. The molecular formula is C21H37FIN5. The number of halogens is 2. The van der Waals surface area contributed by atoms with Crippen molar-refractivity contribution in [2.75, 3.05) is 59.9 Å². The Balaban J connectivity index is 0.00000392. The highest BCUT2D eigenvalue weighted by atomic mass is 127. The Morgan fingerprint density at radius 1 is 1.18 bits per heavy atom. The molecule has 0 spiro atoms. The molecule has 0 atom stereocenters. The summed E-state index contributed by atoms with van der Waals surface area (Å²) < 4.78 is 13.5. The van der Waals surface area contributed by atoms with Gasteiger partial charge >= 0.3 is 0 Å². The van der Waals surface area contributed by atoms with Gasteiger partial charge in [-0.3, -0.25) is 4.99 Å². The molecular weight excluding hydrogens is 468 g/mol. The number of nitrogens with zero attached hydrogens (tertiary/aromatic N) is 3. The third-order valence-electron chi connectivity index (χ3n) is 5.28. The summed E-state index contributed by atoms with van der Waals surface area (Å²) in [7, 11) is 3.99. The van der Waals surface area contributed by atoms with Gasteiger partial charge < -0.3 is 20.4 Å². The van der Waals surface area contributed by atoms with E-state index in [1.807, 2.05) is 6.07 Å². The summed E-state index contributed by atoms with van der Waals surface area (Å²) in [6.07, 6.45) is 2.35. The highest BCUT2D eigenvalue weighted by Gasteiger charge is 2.21. The van der Waals surface area contributed by atoms with Gasteiger partial charge in [0.1, 0.15) is 5.82 Å². The number of aliphatic imine (C=N–C) groups is 1. The first kappa shape index (κ1) is 25.1. The third kappa shape index (κ3) is 8.61. The fourth-order valence-electron chi connectivity index (χ4n) is 3.37. The molecule has 0 radical (unpaired) electrons. The number of benzene rings is 1. The maximum absolute atomic E-state index is 13.5. The van der Waals surface area contributed by atoms with Crippen LogP contribution in [-0.2, 0) is 5.41 Å². The Labute approximate surface area is 187 Å². The van der Waals surface area contributed by atoms with Crippen molar-refractivity contribution in [3.8, 4) is 0 Å². The Kier molecular flexibility index (Phi) is 11.3. The number of hydrogen-bond donors (Lipinski definition) is 2. The van der Waals surface area contributed by atoms with E-state index in [2.05, 4.69) is 46.3 Å². The third-order valence-corrected chi connectivity index (χ3v) is 5.28. The van der Waals surface area contributed by atoms with Crippen molar-refractivity contribution in [1.82, 2.24) is 20.4 Å². The van der Waals surface area contributed by atoms with Crippen molar-refractivity contribution in [2.45, 2.75) is 32.1 Å². The molecule has 1 fully saturated rings. The van der Waals surface area contributed by atoms with Crippen LogP contribution in [0.2, 0.25) is 0 Å². The average molecular weight is 505 g/mol. The summed E-state index contributed by atoms with van der Waals surface area (Å²) in [6, 6.07) is 6.83. The van der Waals surface area contributed by atoms with Crippen LogP contribution in [0.15, 0.2) is 29.3 Å². The van der Waals surface area contributed by atoms with E-state index in [-0.39, 0.29) is 35.2 Å². The van der Waals surface area contributed by atoms with Crippen LogP contribution in [-0.4, -0.2) is 75.7 Å². The predicted octanol–water partition coefficient (Wildman–Crippen LogP) is 2.91. The number of nitrogens with one attached hydrogen (secondary N) is 2. The van der Waals surface area contributed by atoms with Gasteiger partial charge in [0.05, 0.1) is 0 Å². The molecule has 1 aromatic rings. The van der Waals surface area contributed by atoms with Crippen molar-refractivity contribution in [3.05, 3.63) is 35.6 Å². The molecule has 0 saturated carbocycles. The van der Waals surface area contributed by atoms with E-state index in [1.165, 1.54) is 25.6 Å². The smallest absolute Gasteiger partial charge is 0.191 e. The van der Waals surface area contributed by atoms with E-state index in [0.717, 1.165) is 44.1 Å². The van der Waals surface area contributed by atoms with Crippen LogP contribution < -0.4 is 10.6 Å². The summed E-state index contributed by atoms with van der Waals surface area (Å²) >= 11 is 0. The number of guanidine groups is 1. The second kappa shape index (κ2) is 12.6. The number of hydrogen-bond acceptors (Lipinski definition) is 3. The standard InChI is InChI=1S/C21H36FN5.HI/c1-21(2,18-8-5-9-19(22)16-18)17-25-20(23-3)24-10-6-12-27-13-7-11-26(4)14-15-27;/h5,8-9,16H,6-7,10-15,17H2,1-4H3,(H2,23,24,25);1H. The molecule has 0 aromatic heterocycles. The fraction of sp³-hybridized carbons (Fsp3) is 0.667. The summed E-state index contributed by atoms with van der Waals surface area (Å²) in [5.74, 6) is 0.609. The second-order valence-electron chi connectivity index (χ2n) is 8.10. The van der Waals surface area contributed by atoms with Crippen molar-refractivity contribution >= 4 is 29.9 Å². The van der Waals surface area contributed by atoms with Gasteiger partial charge in [0.2, 0.25) is 0 Å². The molecule has 1 aromatic carbocycles. The largest absolute Gasteiger partial charge is 0.356 e. The Morgan fingerprint density at radius 2 is 1.96 bits per heavy atom. The molecule has 0 aliphatic carbocycles. The van der Waals surface area contributed by atoms with Crippen molar-refractivity contribution < 1.29 is 4.39 Å². The lowest BCUT2D eigenvalue weighted by atomic mass is 9.84. The van der Waals surface area contributed by atoms with Crippen LogP contribution in [0.1, 0.15) is 32.3 Å². The van der Waals surface area contributed by atoms with Gasteiger partial charge in [-0.05, 0) is 57.2 Å². The predicted molar refractivity (Wildman–Crippen MR) is 127 cm³/mol. The lowest BCUT2D eigenvalue weighted by Crippen LogP contribution is -2.44. The minimum Gasteiger partial charge on any atom is -0.356 e. The Bertz CT molecular complexity index is 608. The van der Waals surface area contributed by atoms with Crippen molar-refractivity contribution in [3.63, 3.8) is 0 Å². The zero-order valence-electron chi connectivity index (χ0n) is 17.8. The van der Waals surface area contributed by atoms with Crippen molar-refractivity contribution in [1.29, 1.82) is 0 Å². The zero-order chi connectivity index (χ0) is 19.7.